The molecule has 1 saturated carbocycles. The smallest absolute Gasteiger partial charge is 0.208 e. The maximum atomic E-state index is 9.11. The van der Waals surface area contributed by atoms with Gasteiger partial charge >= 0.3 is 0 Å². The summed E-state index contributed by atoms with van der Waals surface area (Å²) in [5, 5.41) is 10.3. The number of nitriles is 1. The van der Waals surface area contributed by atoms with E-state index in [1.54, 1.807) is 0 Å². The van der Waals surface area contributed by atoms with Crippen LogP contribution in [0.2, 0.25) is 0 Å². The molecule has 0 atom stereocenters. The van der Waals surface area contributed by atoms with Crippen molar-refractivity contribution >= 4 is 11.0 Å². The van der Waals surface area contributed by atoms with Crippen LogP contribution in [0.15, 0.2) is 16.5 Å². The summed E-state index contributed by atoms with van der Waals surface area (Å²) >= 11 is 0. The molecule has 0 N–H and O–H groups in total. The zero-order chi connectivity index (χ0) is 11.3. The van der Waals surface area contributed by atoms with Crippen LogP contribution in [0, 0.1) is 25.2 Å². The predicted molar refractivity (Wildman–Crippen MR) is 62.4 cm³/mol. The molecule has 0 spiro atoms. The Balaban J connectivity index is 2.40. The quantitative estimate of drug-likeness (QED) is 0.719. The molecule has 0 radical (unpaired) electrons. The lowest BCUT2D eigenvalue weighted by Crippen LogP contribution is -1.82. The third kappa shape index (κ3) is 1.25. The van der Waals surface area contributed by atoms with Crippen molar-refractivity contribution in [1.29, 1.82) is 5.26 Å². The third-order valence-corrected chi connectivity index (χ3v) is 3.25. The Morgan fingerprint density at radius 3 is 2.69 bits per heavy atom. The number of nitrogens with zero attached hydrogens (tertiary/aromatic N) is 1. The average molecular weight is 211 g/mol. The van der Waals surface area contributed by atoms with Crippen LogP contribution in [0.4, 0.5) is 0 Å². The summed E-state index contributed by atoms with van der Waals surface area (Å²) in [7, 11) is 0. The molecule has 1 aliphatic carbocycles. The van der Waals surface area contributed by atoms with Crippen molar-refractivity contribution in [2.24, 2.45) is 0 Å². The third-order valence-electron chi connectivity index (χ3n) is 3.25. The number of aryl methyl sites for hydroxylation is 2. The molecule has 3 rings (SSSR count). The van der Waals surface area contributed by atoms with Crippen LogP contribution in [0.5, 0.6) is 0 Å². The molecule has 1 fully saturated rings. The number of hydrogen-bond donors (Lipinski definition) is 0. The van der Waals surface area contributed by atoms with Gasteiger partial charge in [-0.1, -0.05) is 6.07 Å². The topological polar surface area (TPSA) is 36.9 Å². The van der Waals surface area contributed by atoms with Gasteiger partial charge in [-0.25, -0.2) is 0 Å². The molecular formula is C14H13NO. The summed E-state index contributed by atoms with van der Waals surface area (Å²) in [6, 6.07) is 6.43. The zero-order valence-electron chi connectivity index (χ0n) is 9.50. The largest absolute Gasteiger partial charge is 0.445 e. The van der Waals surface area contributed by atoms with Crippen LogP contribution in [0.25, 0.3) is 11.0 Å². The Morgan fingerprint density at radius 2 is 2.06 bits per heavy atom. The first kappa shape index (κ1) is 9.47. The van der Waals surface area contributed by atoms with Gasteiger partial charge in [-0.3, -0.25) is 0 Å². The van der Waals surface area contributed by atoms with Crippen LogP contribution in [0.1, 0.15) is 41.2 Å². The minimum Gasteiger partial charge on any atom is -0.445 e. The summed E-state index contributed by atoms with van der Waals surface area (Å²) in [5.74, 6) is 1.07. The molecule has 1 aromatic heterocycles. The van der Waals surface area contributed by atoms with E-state index >= 15 is 0 Å². The van der Waals surface area contributed by atoms with E-state index in [0.29, 0.717) is 11.7 Å². The molecule has 1 aliphatic rings. The number of rotatable bonds is 1. The molecule has 0 unspecified atom stereocenters. The normalized spacial score (nSPS) is 15.3. The standard InChI is InChI=1S/C14H13NO/c1-8-5-9(2)14-11(6-8)13(10-3-4-10)12(7-15)16-14/h5-6,10H,3-4H2,1-2H3. The van der Waals surface area contributed by atoms with Gasteiger partial charge in [-0.15, -0.1) is 0 Å². The van der Waals surface area contributed by atoms with Gasteiger partial charge < -0.3 is 4.42 Å². The molecule has 2 aromatic rings. The van der Waals surface area contributed by atoms with Crippen LogP contribution in [-0.4, -0.2) is 0 Å². The minimum absolute atomic E-state index is 0.520. The van der Waals surface area contributed by atoms with Gasteiger partial charge in [0.1, 0.15) is 11.7 Å². The first-order valence-electron chi connectivity index (χ1n) is 5.64. The first-order valence-corrected chi connectivity index (χ1v) is 5.64. The summed E-state index contributed by atoms with van der Waals surface area (Å²) in [4.78, 5) is 0. The number of fused-ring (bicyclic) bond motifs is 1. The van der Waals surface area contributed by atoms with E-state index in [1.807, 2.05) is 6.92 Å². The highest BCUT2D eigenvalue weighted by Crippen LogP contribution is 2.46. The van der Waals surface area contributed by atoms with Gasteiger partial charge in [0.2, 0.25) is 5.76 Å². The number of furan rings is 1. The van der Waals surface area contributed by atoms with Crippen LogP contribution in [0.3, 0.4) is 0 Å². The van der Waals surface area contributed by atoms with Crippen molar-refractivity contribution in [3.63, 3.8) is 0 Å². The van der Waals surface area contributed by atoms with E-state index in [0.717, 1.165) is 22.1 Å². The van der Waals surface area contributed by atoms with Crippen molar-refractivity contribution in [2.45, 2.75) is 32.6 Å². The second-order valence-corrected chi connectivity index (χ2v) is 4.69. The Labute approximate surface area is 94.5 Å². The van der Waals surface area contributed by atoms with Crippen molar-refractivity contribution in [2.75, 3.05) is 0 Å². The Hall–Kier alpha value is -1.75. The second kappa shape index (κ2) is 3.12. The maximum Gasteiger partial charge on any atom is 0.208 e. The van der Waals surface area contributed by atoms with Crippen LogP contribution in [-0.2, 0) is 0 Å². The molecule has 2 nitrogen and oxygen atoms in total. The molecule has 2 heteroatoms. The van der Waals surface area contributed by atoms with Crippen LogP contribution >= 0.6 is 0 Å². The summed E-state index contributed by atoms with van der Waals surface area (Å²) in [5.41, 5.74) is 4.39. The highest BCUT2D eigenvalue weighted by Gasteiger charge is 2.31. The number of hydrogen-bond acceptors (Lipinski definition) is 2. The molecule has 1 aromatic carbocycles. The lowest BCUT2D eigenvalue weighted by molar-refractivity contribution is 0.591. The monoisotopic (exact) mass is 211 g/mol. The molecule has 1 heterocycles. The summed E-state index contributed by atoms with van der Waals surface area (Å²) in [6.07, 6.45) is 2.38. The van der Waals surface area contributed by atoms with Gasteiger partial charge in [0.05, 0.1) is 0 Å². The van der Waals surface area contributed by atoms with Gasteiger partial charge in [-0.05, 0) is 49.8 Å². The fourth-order valence-electron chi connectivity index (χ4n) is 2.43. The van der Waals surface area contributed by atoms with E-state index in [9.17, 15) is 0 Å². The molecule has 0 saturated heterocycles. The predicted octanol–water partition coefficient (Wildman–Crippen LogP) is 3.80. The summed E-state index contributed by atoms with van der Waals surface area (Å²) < 4.78 is 5.67. The molecule has 0 aliphatic heterocycles. The van der Waals surface area contributed by atoms with Crippen molar-refractivity contribution in [3.8, 4) is 6.07 Å². The lowest BCUT2D eigenvalue weighted by atomic mass is 10.0. The highest BCUT2D eigenvalue weighted by atomic mass is 16.3. The van der Waals surface area contributed by atoms with Crippen LogP contribution < -0.4 is 0 Å². The van der Waals surface area contributed by atoms with Gasteiger partial charge in [0, 0.05) is 10.9 Å². The van der Waals surface area contributed by atoms with E-state index in [2.05, 4.69) is 25.1 Å². The molecular weight excluding hydrogens is 198 g/mol. The number of benzene rings is 1. The van der Waals surface area contributed by atoms with Gasteiger partial charge in [0.15, 0.2) is 0 Å². The lowest BCUT2D eigenvalue weighted by Gasteiger charge is -1.99. The first-order chi connectivity index (χ1) is 7.70. The fraction of sp³-hybridized carbons (Fsp3) is 0.357. The van der Waals surface area contributed by atoms with Crippen molar-refractivity contribution in [1.82, 2.24) is 0 Å². The maximum absolute atomic E-state index is 9.11. The molecule has 16 heavy (non-hydrogen) atoms. The Kier molecular flexibility index (Phi) is 1.85. The Morgan fingerprint density at radius 1 is 1.31 bits per heavy atom. The zero-order valence-corrected chi connectivity index (χ0v) is 9.50. The highest BCUT2D eigenvalue weighted by molar-refractivity contribution is 5.87. The minimum atomic E-state index is 0.520. The van der Waals surface area contributed by atoms with E-state index < -0.39 is 0 Å². The molecule has 80 valence electrons. The van der Waals surface area contributed by atoms with E-state index in [1.165, 1.54) is 18.4 Å². The van der Waals surface area contributed by atoms with E-state index in [4.69, 9.17) is 9.68 Å². The SMILES string of the molecule is Cc1cc(C)c2oc(C#N)c(C3CC3)c2c1. The molecule has 0 amide bonds. The van der Waals surface area contributed by atoms with E-state index in [-0.39, 0.29) is 0 Å². The average Bonchev–Trinajstić information content (AvgIpc) is 3.00. The van der Waals surface area contributed by atoms with Crippen molar-refractivity contribution < 1.29 is 4.42 Å². The van der Waals surface area contributed by atoms with Crippen molar-refractivity contribution in [3.05, 3.63) is 34.6 Å². The second-order valence-electron chi connectivity index (χ2n) is 4.69. The Bertz CT molecular complexity index is 612. The fourth-order valence-corrected chi connectivity index (χ4v) is 2.43. The van der Waals surface area contributed by atoms with Gasteiger partial charge in [0.25, 0.3) is 0 Å². The van der Waals surface area contributed by atoms with Gasteiger partial charge in [-0.2, -0.15) is 5.26 Å². The summed E-state index contributed by atoms with van der Waals surface area (Å²) in [6.45, 7) is 4.12. The molecule has 0 bridgehead atoms.